The van der Waals surface area contributed by atoms with Gasteiger partial charge in [0.15, 0.2) is 5.75 Å². The topological polar surface area (TPSA) is 93.1 Å². The molecule has 0 atom stereocenters. The zero-order valence-electron chi connectivity index (χ0n) is 9.69. The van der Waals surface area contributed by atoms with E-state index in [2.05, 4.69) is 15.9 Å². The molecule has 0 saturated carbocycles. The van der Waals surface area contributed by atoms with E-state index in [-0.39, 0.29) is 16.9 Å². The zero-order chi connectivity index (χ0) is 13.9. The van der Waals surface area contributed by atoms with Crippen molar-refractivity contribution in [1.82, 2.24) is 0 Å². The molecule has 0 spiro atoms. The fourth-order valence-corrected chi connectivity index (χ4v) is 2.17. The predicted octanol–water partition coefficient (Wildman–Crippen LogP) is 1.79. The van der Waals surface area contributed by atoms with Crippen molar-refractivity contribution in [2.45, 2.75) is 6.42 Å². The largest absolute Gasteiger partial charge is 0.495 e. The number of rotatable bonds is 5. The number of carboxylic acids is 2. The second kappa shape index (κ2) is 5.72. The van der Waals surface area contributed by atoms with Crippen LogP contribution in [-0.2, 0) is 11.2 Å². The number of aliphatic carboxylic acids is 1. The highest BCUT2D eigenvalue weighted by Gasteiger charge is 2.24. The van der Waals surface area contributed by atoms with Gasteiger partial charge in [0.1, 0.15) is 15.8 Å². The minimum Gasteiger partial charge on any atom is -0.495 e. The van der Waals surface area contributed by atoms with Crippen molar-refractivity contribution in [3.63, 3.8) is 0 Å². The molecule has 18 heavy (non-hydrogen) atoms. The molecule has 7 heteroatoms. The van der Waals surface area contributed by atoms with Crippen molar-refractivity contribution in [3.05, 3.63) is 21.7 Å². The summed E-state index contributed by atoms with van der Waals surface area (Å²) in [6.45, 7) is 0. The van der Waals surface area contributed by atoms with Crippen molar-refractivity contribution >= 4 is 27.9 Å². The van der Waals surface area contributed by atoms with Crippen LogP contribution < -0.4 is 9.47 Å². The first-order chi connectivity index (χ1) is 8.42. The molecule has 2 N–H and O–H groups in total. The van der Waals surface area contributed by atoms with E-state index in [9.17, 15) is 9.59 Å². The van der Waals surface area contributed by atoms with Crippen LogP contribution in [0.3, 0.4) is 0 Å². The normalized spacial score (nSPS) is 9.94. The quantitative estimate of drug-likeness (QED) is 0.859. The van der Waals surface area contributed by atoms with Crippen LogP contribution in [0.15, 0.2) is 10.5 Å². The number of hydrogen-bond acceptors (Lipinski definition) is 4. The Balaban J connectivity index is 3.56. The van der Waals surface area contributed by atoms with E-state index in [0.29, 0.717) is 10.2 Å². The zero-order valence-corrected chi connectivity index (χ0v) is 11.3. The predicted molar refractivity (Wildman–Crippen MR) is 65.5 cm³/mol. The van der Waals surface area contributed by atoms with Gasteiger partial charge in [-0.25, -0.2) is 4.79 Å². The van der Waals surface area contributed by atoms with E-state index in [1.54, 1.807) is 0 Å². The molecule has 0 unspecified atom stereocenters. The second-order valence-corrected chi connectivity index (χ2v) is 4.13. The van der Waals surface area contributed by atoms with Crippen LogP contribution in [0.25, 0.3) is 0 Å². The standard InChI is InChI=1S/C11H11BrO6/c1-17-6-3-5(4-7(13)14)8(11(15)16)10(18-2)9(6)12/h3H,4H2,1-2H3,(H,13,14)(H,15,16). The lowest BCUT2D eigenvalue weighted by atomic mass is 10.0. The summed E-state index contributed by atoms with van der Waals surface area (Å²) >= 11 is 3.16. The molecule has 0 aromatic heterocycles. The Bertz CT molecular complexity index is 497. The fraction of sp³-hybridized carbons (Fsp3) is 0.273. The van der Waals surface area contributed by atoms with Crippen molar-refractivity contribution < 1.29 is 29.3 Å². The average Bonchev–Trinajstić information content (AvgIpc) is 2.29. The maximum absolute atomic E-state index is 11.2. The van der Waals surface area contributed by atoms with E-state index in [0.717, 1.165) is 0 Å². The summed E-state index contributed by atoms with van der Waals surface area (Å²) in [5, 5.41) is 17.9. The van der Waals surface area contributed by atoms with Crippen LogP contribution in [0.1, 0.15) is 15.9 Å². The molecule has 0 bridgehead atoms. The summed E-state index contributed by atoms with van der Waals surface area (Å²) in [7, 11) is 2.70. The van der Waals surface area contributed by atoms with Crippen molar-refractivity contribution in [1.29, 1.82) is 0 Å². The number of aromatic carboxylic acids is 1. The summed E-state index contributed by atoms with van der Waals surface area (Å²) < 4.78 is 10.4. The van der Waals surface area contributed by atoms with Gasteiger partial charge in [0.25, 0.3) is 0 Å². The molecule has 0 heterocycles. The summed E-state index contributed by atoms with van der Waals surface area (Å²) in [6.07, 6.45) is -0.429. The van der Waals surface area contributed by atoms with Crippen LogP contribution >= 0.6 is 15.9 Å². The van der Waals surface area contributed by atoms with Gasteiger partial charge in [0, 0.05) is 0 Å². The summed E-state index contributed by atoms with van der Waals surface area (Å²) in [4.78, 5) is 21.9. The summed E-state index contributed by atoms with van der Waals surface area (Å²) in [5.41, 5.74) is -0.0699. The number of hydrogen-bond donors (Lipinski definition) is 2. The van der Waals surface area contributed by atoms with Crippen LogP contribution in [0.2, 0.25) is 0 Å². The minimum absolute atomic E-state index is 0.0399. The number of ether oxygens (including phenoxy) is 2. The average molecular weight is 319 g/mol. The Morgan fingerprint density at radius 2 is 1.89 bits per heavy atom. The van der Waals surface area contributed by atoms with Crippen LogP contribution in [0.5, 0.6) is 11.5 Å². The highest BCUT2D eigenvalue weighted by atomic mass is 79.9. The van der Waals surface area contributed by atoms with E-state index in [4.69, 9.17) is 19.7 Å². The molecule has 0 radical (unpaired) electrons. The Morgan fingerprint density at radius 1 is 1.28 bits per heavy atom. The molecule has 1 rings (SSSR count). The lowest BCUT2D eigenvalue weighted by Gasteiger charge is -2.14. The van der Waals surface area contributed by atoms with Gasteiger partial charge in [-0.2, -0.15) is 0 Å². The Hall–Kier alpha value is -1.76. The van der Waals surface area contributed by atoms with Crippen LogP contribution in [0, 0.1) is 0 Å². The van der Waals surface area contributed by atoms with Gasteiger partial charge in [0.05, 0.1) is 20.6 Å². The Kier molecular flexibility index (Phi) is 4.55. The molecule has 6 nitrogen and oxygen atoms in total. The molecule has 0 fully saturated rings. The molecule has 0 aliphatic carbocycles. The third-order valence-corrected chi connectivity index (χ3v) is 3.00. The van der Waals surface area contributed by atoms with Crippen molar-refractivity contribution in [3.8, 4) is 11.5 Å². The molecule has 0 amide bonds. The first kappa shape index (κ1) is 14.3. The lowest BCUT2D eigenvalue weighted by molar-refractivity contribution is -0.136. The highest BCUT2D eigenvalue weighted by molar-refractivity contribution is 9.10. The Morgan fingerprint density at radius 3 is 2.28 bits per heavy atom. The first-order valence-electron chi connectivity index (χ1n) is 4.80. The lowest BCUT2D eigenvalue weighted by Crippen LogP contribution is -2.11. The minimum atomic E-state index is -1.26. The number of methoxy groups -OCH3 is 2. The number of halogens is 1. The van der Waals surface area contributed by atoms with Gasteiger partial charge in [-0.3, -0.25) is 4.79 Å². The van der Waals surface area contributed by atoms with Gasteiger partial charge in [-0.1, -0.05) is 0 Å². The molecule has 98 valence electrons. The SMILES string of the molecule is COc1cc(CC(=O)O)c(C(=O)O)c(OC)c1Br. The maximum Gasteiger partial charge on any atom is 0.339 e. The molecule has 0 aliphatic heterocycles. The van der Waals surface area contributed by atoms with Gasteiger partial charge in [-0.15, -0.1) is 0 Å². The third kappa shape index (κ3) is 2.73. The van der Waals surface area contributed by atoms with Gasteiger partial charge in [0.2, 0.25) is 0 Å². The van der Waals surface area contributed by atoms with Crippen molar-refractivity contribution in [2.75, 3.05) is 14.2 Å². The van der Waals surface area contributed by atoms with Gasteiger partial charge in [-0.05, 0) is 27.6 Å². The first-order valence-corrected chi connectivity index (χ1v) is 5.60. The van der Waals surface area contributed by atoms with Crippen molar-refractivity contribution in [2.24, 2.45) is 0 Å². The molecule has 1 aromatic carbocycles. The van der Waals surface area contributed by atoms with E-state index in [1.165, 1.54) is 20.3 Å². The number of carboxylic acid groups (broad SMARTS) is 2. The Labute approximate surface area is 111 Å². The number of benzene rings is 1. The molecular formula is C11H11BrO6. The second-order valence-electron chi connectivity index (χ2n) is 3.34. The van der Waals surface area contributed by atoms with E-state index in [1.807, 2.05) is 0 Å². The molecule has 0 saturated heterocycles. The highest BCUT2D eigenvalue weighted by Crippen LogP contribution is 2.39. The number of carbonyl (C=O) groups is 2. The maximum atomic E-state index is 11.2. The van der Waals surface area contributed by atoms with Crippen LogP contribution in [-0.4, -0.2) is 36.4 Å². The fourth-order valence-electron chi connectivity index (χ4n) is 1.54. The van der Waals surface area contributed by atoms with Gasteiger partial charge < -0.3 is 19.7 Å². The third-order valence-electron chi connectivity index (χ3n) is 2.25. The van der Waals surface area contributed by atoms with Crippen LogP contribution in [0.4, 0.5) is 0 Å². The molecule has 0 aliphatic rings. The summed E-state index contributed by atoms with van der Waals surface area (Å²) in [6, 6.07) is 1.37. The van der Waals surface area contributed by atoms with Gasteiger partial charge >= 0.3 is 11.9 Å². The molecular weight excluding hydrogens is 308 g/mol. The molecule has 1 aromatic rings. The van der Waals surface area contributed by atoms with E-state index < -0.39 is 18.4 Å². The monoisotopic (exact) mass is 318 g/mol. The van der Waals surface area contributed by atoms with E-state index >= 15 is 0 Å². The smallest absolute Gasteiger partial charge is 0.339 e. The summed E-state index contributed by atoms with van der Waals surface area (Å²) in [5.74, 6) is -2.04.